The number of ketones is 1. The highest BCUT2D eigenvalue weighted by atomic mass is 32.1. The quantitative estimate of drug-likeness (QED) is 0.478. The number of thiol groups is 1. The zero-order chi connectivity index (χ0) is 9.56. The van der Waals surface area contributed by atoms with Crippen molar-refractivity contribution in [2.24, 2.45) is 0 Å². The molecule has 0 bridgehead atoms. The predicted molar refractivity (Wildman–Crippen MR) is 54.5 cm³/mol. The largest absolute Gasteiger partial charge is 0.398 e. The van der Waals surface area contributed by atoms with Crippen LogP contribution in [0.15, 0.2) is 29.2 Å². The number of para-hydroxylation sites is 1. The zero-order valence-electron chi connectivity index (χ0n) is 7.24. The summed E-state index contributed by atoms with van der Waals surface area (Å²) < 4.78 is 0. The van der Waals surface area contributed by atoms with Gasteiger partial charge in [0.2, 0.25) is 0 Å². The van der Waals surface area contributed by atoms with Crippen molar-refractivity contribution in [3.05, 3.63) is 24.3 Å². The first kappa shape index (κ1) is 11.0. The lowest BCUT2D eigenvalue weighted by Gasteiger charge is -1.92. The number of carbonyl (C=O) groups excluding carboxylic acids is 1. The predicted octanol–water partition coefficient (Wildman–Crippen LogP) is 2.15. The van der Waals surface area contributed by atoms with Crippen molar-refractivity contribution in [2.45, 2.75) is 18.7 Å². The molecule has 0 aliphatic heterocycles. The normalized spacial score (nSPS) is 8.25. The summed E-state index contributed by atoms with van der Waals surface area (Å²) in [5.41, 5.74) is 6.18. The highest BCUT2D eigenvalue weighted by molar-refractivity contribution is 7.80. The highest BCUT2D eigenvalue weighted by Crippen LogP contribution is 2.13. The van der Waals surface area contributed by atoms with E-state index in [0.29, 0.717) is 0 Å². The molecule has 2 N–H and O–H groups in total. The maximum absolute atomic E-state index is 9.44. The topological polar surface area (TPSA) is 43.1 Å². The molecule has 0 radical (unpaired) electrons. The minimum absolute atomic E-state index is 0.167. The monoisotopic (exact) mass is 183 g/mol. The third-order valence-corrected chi connectivity index (χ3v) is 1.34. The standard InChI is InChI=1S/C6H7NS.C3H6O/c7-5-3-1-2-4-6(5)8;1-3(2)4/h1-4,8H,7H2;1-2H3. The van der Waals surface area contributed by atoms with Crippen LogP contribution in [0.25, 0.3) is 0 Å². The Labute approximate surface area is 78.2 Å². The Hall–Kier alpha value is -0.960. The summed E-state index contributed by atoms with van der Waals surface area (Å²) >= 11 is 4.07. The zero-order valence-corrected chi connectivity index (χ0v) is 8.14. The molecule has 0 heterocycles. The van der Waals surface area contributed by atoms with Gasteiger partial charge in [-0.1, -0.05) is 12.1 Å². The second-order valence-corrected chi connectivity index (χ2v) is 2.95. The third kappa shape index (κ3) is 5.80. The number of hydrogen-bond donors (Lipinski definition) is 2. The molecule has 0 aromatic heterocycles. The number of benzene rings is 1. The Morgan fingerprint density at radius 2 is 1.75 bits per heavy atom. The van der Waals surface area contributed by atoms with E-state index in [2.05, 4.69) is 12.6 Å². The van der Waals surface area contributed by atoms with E-state index in [0.717, 1.165) is 10.6 Å². The highest BCUT2D eigenvalue weighted by Gasteiger charge is 1.85. The van der Waals surface area contributed by atoms with Crippen molar-refractivity contribution in [1.29, 1.82) is 0 Å². The van der Waals surface area contributed by atoms with E-state index in [4.69, 9.17) is 5.73 Å². The molecule has 12 heavy (non-hydrogen) atoms. The Morgan fingerprint density at radius 1 is 1.33 bits per heavy atom. The van der Waals surface area contributed by atoms with Crippen molar-refractivity contribution in [2.75, 3.05) is 5.73 Å². The Bertz CT molecular complexity index is 235. The van der Waals surface area contributed by atoms with Crippen molar-refractivity contribution in [3.63, 3.8) is 0 Å². The van der Waals surface area contributed by atoms with E-state index in [1.54, 1.807) is 0 Å². The van der Waals surface area contributed by atoms with Crippen molar-refractivity contribution in [1.82, 2.24) is 0 Å². The second-order valence-electron chi connectivity index (χ2n) is 2.47. The van der Waals surface area contributed by atoms with Crippen LogP contribution < -0.4 is 5.73 Å². The first-order valence-corrected chi connectivity index (χ1v) is 3.99. The maximum Gasteiger partial charge on any atom is 0.126 e. The molecule has 1 rings (SSSR count). The van der Waals surface area contributed by atoms with E-state index in [1.807, 2.05) is 24.3 Å². The van der Waals surface area contributed by atoms with Gasteiger partial charge in [-0.25, -0.2) is 0 Å². The number of nitrogens with two attached hydrogens (primary N) is 1. The van der Waals surface area contributed by atoms with Crippen molar-refractivity contribution >= 4 is 24.1 Å². The van der Waals surface area contributed by atoms with Gasteiger partial charge >= 0.3 is 0 Å². The van der Waals surface area contributed by atoms with E-state index in [9.17, 15) is 4.79 Å². The van der Waals surface area contributed by atoms with Crippen molar-refractivity contribution < 1.29 is 4.79 Å². The summed E-state index contributed by atoms with van der Waals surface area (Å²) in [6.07, 6.45) is 0. The molecule has 0 unspecified atom stereocenters. The lowest BCUT2D eigenvalue weighted by atomic mass is 10.3. The van der Waals surface area contributed by atoms with Gasteiger partial charge in [0.15, 0.2) is 0 Å². The summed E-state index contributed by atoms with van der Waals surface area (Å²) in [7, 11) is 0. The van der Waals surface area contributed by atoms with Crippen LogP contribution in [0.2, 0.25) is 0 Å². The van der Waals surface area contributed by atoms with Gasteiger partial charge in [0, 0.05) is 10.6 Å². The number of rotatable bonds is 0. The van der Waals surface area contributed by atoms with Gasteiger partial charge in [0.25, 0.3) is 0 Å². The minimum atomic E-state index is 0.167. The van der Waals surface area contributed by atoms with Crippen LogP contribution in [0, 0.1) is 0 Å². The summed E-state index contributed by atoms with van der Waals surface area (Å²) in [6, 6.07) is 7.47. The van der Waals surface area contributed by atoms with Gasteiger partial charge in [-0.3, -0.25) is 0 Å². The fraction of sp³-hybridized carbons (Fsp3) is 0.222. The van der Waals surface area contributed by atoms with Crippen LogP contribution in [0.1, 0.15) is 13.8 Å². The molecule has 0 amide bonds. The van der Waals surface area contributed by atoms with Crippen LogP contribution >= 0.6 is 12.6 Å². The number of nitrogen functional groups attached to an aromatic ring is 1. The smallest absolute Gasteiger partial charge is 0.126 e. The van der Waals surface area contributed by atoms with E-state index >= 15 is 0 Å². The van der Waals surface area contributed by atoms with Gasteiger partial charge in [-0.05, 0) is 26.0 Å². The minimum Gasteiger partial charge on any atom is -0.398 e. The molecule has 0 saturated heterocycles. The third-order valence-electron chi connectivity index (χ3n) is 0.937. The van der Waals surface area contributed by atoms with E-state index < -0.39 is 0 Å². The summed E-state index contributed by atoms with van der Waals surface area (Å²) in [4.78, 5) is 10.3. The molecule has 66 valence electrons. The molecule has 1 aromatic carbocycles. The van der Waals surface area contributed by atoms with E-state index in [1.165, 1.54) is 13.8 Å². The molecule has 0 fully saturated rings. The number of anilines is 1. The molecular formula is C9H13NOS. The van der Waals surface area contributed by atoms with Crippen LogP contribution in [0.3, 0.4) is 0 Å². The first-order chi connectivity index (χ1) is 5.54. The van der Waals surface area contributed by atoms with Gasteiger partial charge in [-0.15, -0.1) is 12.6 Å². The van der Waals surface area contributed by atoms with Gasteiger partial charge in [0.05, 0.1) is 0 Å². The maximum atomic E-state index is 9.44. The molecule has 3 heteroatoms. The molecular weight excluding hydrogens is 170 g/mol. The summed E-state index contributed by atoms with van der Waals surface area (Å²) in [5.74, 6) is 0.167. The Kier molecular flexibility index (Phi) is 5.21. The summed E-state index contributed by atoms with van der Waals surface area (Å²) in [5, 5.41) is 0. The van der Waals surface area contributed by atoms with Gasteiger partial charge < -0.3 is 10.5 Å². The second kappa shape index (κ2) is 5.66. The fourth-order valence-corrected chi connectivity index (χ4v) is 0.648. The molecule has 0 spiro atoms. The molecule has 0 aliphatic carbocycles. The molecule has 2 nitrogen and oxygen atoms in total. The van der Waals surface area contributed by atoms with E-state index in [-0.39, 0.29) is 5.78 Å². The SMILES string of the molecule is CC(C)=O.Nc1ccccc1S. The fourth-order valence-electron chi connectivity index (χ4n) is 0.488. The lowest BCUT2D eigenvalue weighted by Crippen LogP contribution is -1.83. The molecule has 1 aromatic rings. The molecule has 0 saturated carbocycles. The van der Waals surface area contributed by atoms with Gasteiger partial charge in [0.1, 0.15) is 5.78 Å². The number of hydrogen-bond acceptors (Lipinski definition) is 3. The van der Waals surface area contributed by atoms with Crippen molar-refractivity contribution in [3.8, 4) is 0 Å². The molecule has 0 atom stereocenters. The number of Topliss-reactive ketones (excluding diaryl/α,β-unsaturated/α-hetero) is 1. The summed E-state index contributed by atoms with van der Waals surface area (Å²) in [6.45, 7) is 3.06. The van der Waals surface area contributed by atoms with Crippen LogP contribution in [0.4, 0.5) is 5.69 Å². The van der Waals surface area contributed by atoms with Crippen LogP contribution in [-0.4, -0.2) is 5.78 Å². The average Bonchev–Trinajstić information content (AvgIpc) is 1.94. The van der Waals surface area contributed by atoms with Gasteiger partial charge in [-0.2, -0.15) is 0 Å². The molecule has 0 aliphatic rings. The number of carbonyl (C=O) groups is 1. The average molecular weight is 183 g/mol. The van der Waals surface area contributed by atoms with Crippen LogP contribution in [-0.2, 0) is 4.79 Å². The Balaban J connectivity index is 0.000000261. The first-order valence-electron chi connectivity index (χ1n) is 3.54. The Morgan fingerprint density at radius 3 is 2.00 bits per heavy atom. The van der Waals surface area contributed by atoms with Crippen LogP contribution in [0.5, 0.6) is 0 Å². The lowest BCUT2D eigenvalue weighted by molar-refractivity contribution is -0.114.